The predicted molar refractivity (Wildman–Crippen MR) is 113 cm³/mol. The average molecular weight is 387 g/mol. The van der Waals surface area contributed by atoms with E-state index in [-0.39, 0.29) is 11.8 Å². The van der Waals surface area contributed by atoms with Gasteiger partial charge < -0.3 is 10.2 Å². The second-order valence-electron chi connectivity index (χ2n) is 7.74. The third-order valence-corrected chi connectivity index (χ3v) is 6.00. The molecule has 0 saturated carbocycles. The van der Waals surface area contributed by atoms with Crippen LogP contribution in [0.4, 0.5) is 5.69 Å². The summed E-state index contributed by atoms with van der Waals surface area (Å²) >= 11 is 0. The molecule has 0 radical (unpaired) electrons. The maximum Gasteiger partial charge on any atom is 0.243 e. The molecule has 0 spiro atoms. The van der Waals surface area contributed by atoms with Crippen molar-refractivity contribution in [2.24, 2.45) is 0 Å². The summed E-state index contributed by atoms with van der Waals surface area (Å²) in [5, 5.41) is 3.09. The Morgan fingerprint density at radius 2 is 1.79 bits per heavy atom. The van der Waals surface area contributed by atoms with Crippen molar-refractivity contribution in [2.75, 3.05) is 50.7 Å². The first-order valence-electron chi connectivity index (χ1n) is 10.8. The Labute approximate surface area is 168 Å². The van der Waals surface area contributed by atoms with E-state index in [9.17, 15) is 9.59 Å². The molecule has 1 atom stereocenters. The lowest BCUT2D eigenvalue weighted by molar-refractivity contribution is -0.126. The highest BCUT2D eigenvalue weighted by Crippen LogP contribution is 2.29. The van der Waals surface area contributed by atoms with E-state index in [4.69, 9.17) is 0 Å². The minimum atomic E-state index is -0.441. The van der Waals surface area contributed by atoms with Crippen molar-refractivity contribution in [2.45, 2.75) is 45.6 Å². The van der Waals surface area contributed by atoms with Crippen molar-refractivity contribution >= 4 is 17.5 Å². The first-order valence-corrected chi connectivity index (χ1v) is 10.8. The fourth-order valence-corrected chi connectivity index (χ4v) is 4.25. The quantitative estimate of drug-likeness (QED) is 0.778. The van der Waals surface area contributed by atoms with E-state index in [1.54, 1.807) is 4.90 Å². The number of anilines is 1. The van der Waals surface area contributed by atoms with Gasteiger partial charge in [-0.1, -0.05) is 32.0 Å². The Kier molecular flexibility index (Phi) is 7.45. The lowest BCUT2D eigenvalue weighted by Crippen LogP contribution is -2.52. The van der Waals surface area contributed by atoms with Gasteiger partial charge in [-0.3, -0.25) is 19.4 Å². The van der Waals surface area contributed by atoms with E-state index >= 15 is 0 Å². The number of fused-ring (bicyclic) bond motifs is 1. The number of piperazine rings is 1. The number of aryl methyl sites for hydroxylation is 1. The SMILES string of the molecule is CCC(C(=O)NCCN1CCN(CC)CC1)N1C(=O)CCCc2ccccc21. The van der Waals surface area contributed by atoms with Gasteiger partial charge in [0.2, 0.25) is 11.8 Å². The fourth-order valence-electron chi connectivity index (χ4n) is 4.25. The molecule has 1 N–H and O–H groups in total. The molecular weight excluding hydrogens is 352 g/mol. The van der Waals surface area contributed by atoms with Gasteiger partial charge in [-0.05, 0) is 37.4 Å². The van der Waals surface area contributed by atoms with E-state index in [1.165, 1.54) is 0 Å². The van der Waals surface area contributed by atoms with Crippen molar-refractivity contribution in [1.29, 1.82) is 0 Å². The van der Waals surface area contributed by atoms with Crippen molar-refractivity contribution in [3.63, 3.8) is 0 Å². The van der Waals surface area contributed by atoms with E-state index in [0.717, 1.165) is 63.4 Å². The number of hydrogen-bond acceptors (Lipinski definition) is 4. The van der Waals surface area contributed by atoms with Crippen molar-refractivity contribution in [1.82, 2.24) is 15.1 Å². The molecule has 2 heterocycles. The van der Waals surface area contributed by atoms with Crippen LogP contribution in [0.1, 0.15) is 38.7 Å². The molecule has 28 heavy (non-hydrogen) atoms. The number of amides is 2. The Bertz CT molecular complexity index is 670. The molecule has 0 aromatic heterocycles. The number of para-hydroxylation sites is 1. The first kappa shape index (κ1) is 20.8. The highest BCUT2D eigenvalue weighted by atomic mass is 16.2. The number of nitrogens with one attached hydrogen (secondary N) is 1. The molecule has 1 saturated heterocycles. The zero-order valence-corrected chi connectivity index (χ0v) is 17.3. The van der Waals surface area contributed by atoms with Crippen molar-refractivity contribution in [3.05, 3.63) is 29.8 Å². The normalized spacial score (nSPS) is 19.8. The highest BCUT2D eigenvalue weighted by molar-refractivity contribution is 6.01. The zero-order valence-electron chi connectivity index (χ0n) is 17.3. The number of likely N-dealkylation sites (N-methyl/N-ethyl adjacent to an activating group) is 1. The molecular formula is C22H34N4O2. The highest BCUT2D eigenvalue weighted by Gasteiger charge is 2.32. The summed E-state index contributed by atoms with van der Waals surface area (Å²) in [6.07, 6.45) is 2.84. The lowest BCUT2D eigenvalue weighted by atomic mass is 10.1. The van der Waals surface area contributed by atoms with Gasteiger partial charge in [-0.2, -0.15) is 0 Å². The largest absolute Gasteiger partial charge is 0.353 e. The molecule has 1 aromatic carbocycles. The van der Waals surface area contributed by atoms with E-state index in [1.807, 2.05) is 25.1 Å². The predicted octanol–water partition coefficient (Wildman–Crippen LogP) is 1.89. The molecule has 1 unspecified atom stereocenters. The molecule has 6 heteroatoms. The topological polar surface area (TPSA) is 55.9 Å². The molecule has 154 valence electrons. The van der Waals surface area contributed by atoms with Crippen LogP contribution in [-0.2, 0) is 16.0 Å². The van der Waals surface area contributed by atoms with Crippen molar-refractivity contribution in [3.8, 4) is 0 Å². The van der Waals surface area contributed by atoms with Crippen LogP contribution in [0.2, 0.25) is 0 Å². The van der Waals surface area contributed by atoms with E-state index in [0.29, 0.717) is 19.4 Å². The number of carbonyl (C=O) groups is 2. The Balaban J connectivity index is 1.59. The van der Waals surface area contributed by atoms with E-state index < -0.39 is 6.04 Å². The van der Waals surface area contributed by atoms with Crippen LogP contribution in [0.25, 0.3) is 0 Å². The maximum atomic E-state index is 12.9. The number of rotatable bonds is 7. The maximum absolute atomic E-state index is 12.9. The number of hydrogen-bond donors (Lipinski definition) is 1. The van der Waals surface area contributed by atoms with Gasteiger partial charge in [0.1, 0.15) is 6.04 Å². The minimum Gasteiger partial charge on any atom is -0.353 e. The summed E-state index contributed by atoms with van der Waals surface area (Å²) in [6.45, 7) is 11.1. The third-order valence-electron chi connectivity index (χ3n) is 6.00. The third kappa shape index (κ3) is 4.92. The molecule has 2 amide bonds. The summed E-state index contributed by atoms with van der Waals surface area (Å²) in [7, 11) is 0. The number of nitrogens with zero attached hydrogens (tertiary/aromatic N) is 3. The van der Waals surface area contributed by atoms with Crippen LogP contribution in [0.15, 0.2) is 24.3 Å². The van der Waals surface area contributed by atoms with Crippen molar-refractivity contribution < 1.29 is 9.59 Å². The van der Waals surface area contributed by atoms with Gasteiger partial charge in [-0.25, -0.2) is 0 Å². The van der Waals surface area contributed by atoms with Gasteiger partial charge in [0.15, 0.2) is 0 Å². The average Bonchev–Trinajstić information content (AvgIpc) is 2.88. The second kappa shape index (κ2) is 10.0. The van der Waals surface area contributed by atoms with Crippen LogP contribution in [0.5, 0.6) is 0 Å². The van der Waals surface area contributed by atoms with Gasteiger partial charge in [0.25, 0.3) is 0 Å². The summed E-state index contributed by atoms with van der Waals surface area (Å²) in [4.78, 5) is 32.3. The van der Waals surface area contributed by atoms with Gasteiger partial charge in [0.05, 0.1) is 0 Å². The molecule has 3 rings (SSSR count). The molecule has 0 bridgehead atoms. The van der Waals surface area contributed by atoms with E-state index in [2.05, 4.69) is 28.1 Å². The van der Waals surface area contributed by atoms with Gasteiger partial charge in [0, 0.05) is 51.4 Å². The van der Waals surface area contributed by atoms with Crippen LogP contribution >= 0.6 is 0 Å². The smallest absolute Gasteiger partial charge is 0.243 e. The molecule has 1 fully saturated rings. The first-order chi connectivity index (χ1) is 13.6. The van der Waals surface area contributed by atoms with Crippen LogP contribution in [-0.4, -0.2) is 73.5 Å². The molecule has 2 aliphatic rings. The fraction of sp³-hybridized carbons (Fsp3) is 0.636. The lowest BCUT2D eigenvalue weighted by Gasteiger charge is -2.34. The summed E-state index contributed by atoms with van der Waals surface area (Å²) < 4.78 is 0. The van der Waals surface area contributed by atoms with Crippen LogP contribution < -0.4 is 10.2 Å². The summed E-state index contributed by atoms with van der Waals surface area (Å²) in [6, 6.07) is 7.56. The standard InChI is InChI=1S/C22H34N4O2/c1-3-19(22(28)23-12-13-25-16-14-24(4-2)15-17-25)26-20-10-6-5-8-18(20)9-7-11-21(26)27/h5-6,8,10,19H,3-4,7,9,11-17H2,1-2H3,(H,23,28). The van der Waals surface area contributed by atoms with Gasteiger partial charge >= 0.3 is 0 Å². The molecule has 0 aliphatic carbocycles. The Morgan fingerprint density at radius 3 is 2.50 bits per heavy atom. The molecule has 6 nitrogen and oxygen atoms in total. The summed E-state index contributed by atoms with van der Waals surface area (Å²) in [5.74, 6) is 0.0161. The summed E-state index contributed by atoms with van der Waals surface area (Å²) in [5.41, 5.74) is 2.07. The minimum absolute atomic E-state index is 0.0419. The molecule has 1 aromatic rings. The second-order valence-corrected chi connectivity index (χ2v) is 7.74. The zero-order chi connectivity index (χ0) is 19.9. The van der Waals surface area contributed by atoms with Crippen LogP contribution in [0, 0.1) is 0 Å². The number of carbonyl (C=O) groups excluding carboxylic acids is 2. The Morgan fingerprint density at radius 1 is 1.07 bits per heavy atom. The van der Waals surface area contributed by atoms with Crippen LogP contribution in [0.3, 0.4) is 0 Å². The Hall–Kier alpha value is -1.92. The number of benzene rings is 1. The molecule has 2 aliphatic heterocycles. The monoisotopic (exact) mass is 386 g/mol. The van der Waals surface area contributed by atoms with Gasteiger partial charge in [-0.15, -0.1) is 0 Å².